The molecule has 0 radical (unpaired) electrons. The second kappa shape index (κ2) is 6.33. The fraction of sp³-hybridized carbons (Fsp3) is 0.462. The molecule has 0 fully saturated rings. The maximum Gasteiger partial charge on any atom is 0.173 e. The van der Waals surface area contributed by atoms with Crippen LogP contribution in [0.25, 0.3) is 5.69 Å². The fourth-order valence-electron chi connectivity index (χ4n) is 1.85. The Labute approximate surface area is 117 Å². The van der Waals surface area contributed by atoms with Crippen LogP contribution in [0.3, 0.4) is 0 Å². The Morgan fingerprint density at radius 3 is 2.65 bits per heavy atom. The highest BCUT2D eigenvalue weighted by molar-refractivity contribution is 5.51. The van der Waals surface area contributed by atoms with Crippen molar-refractivity contribution in [2.24, 2.45) is 5.73 Å². The smallest absolute Gasteiger partial charge is 0.173 e. The Morgan fingerprint density at radius 2 is 2.00 bits per heavy atom. The molecule has 0 saturated heterocycles. The number of tetrazole rings is 1. The highest BCUT2D eigenvalue weighted by Gasteiger charge is 2.16. The molecule has 1 aromatic carbocycles. The van der Waals surface area contributed by atoms with E-state index in [1.807, 2.05) is 39.0 Å². The lowest BCUT2D eigenvalue weighted by Crippen LogP contribution is -2.14. The van der Waals surface area contributed by atoms with E-state index >= 15 is 0 Å². The highest BCUT2D eigenvalue weighted by Crippen LogP contribution is 2.28. The lowest BCUT2D eigenvalue weighted by Gasteiger charge is -2.14. The van der Waals surface area contributed by atoms with E-state index in [0.29, 0.717) is 24.8 Å². The van der Waals surface area contributed by atoms with E-state index in [-0.39, 0.29) is 6.04 Å². The van der Waals surface area contributed by atoms with Gasteiger partial charge in [0, 0.05) is 6.07 Å². The molecule has 0 saturated carbocycles. The van der Waals surface area contributed by atoms with Gasteiger partial charge in [-0.3, -0.25) is 0 Å². The third-order valence-corrected chi connectivity index (χ3v) is 2.67. The molecule has 1 atom stereocenters. The summed E-state index contributed by atoms with van der Waals surface area (Å²) in [5.41, 5.74) is 6.60. The van der Waals surface area contributed by atoms with Crippen LogP contribution in [0.5, 0.6) is 11.5 Å². The zero-order valence-electron chi connectivity index (χ0n) is 11.9. The van der Waals surface area contributed by atoms with Gasteiger partial charge in [0.1, 0.15) is 17.2 Å². The van der Waals surface area contributed by atoms with E-state index in [1.165, 1.54) is 0 Å². The molecule has 7 nitrogen and oxygen atoms in total. The predicted octanol–water partition coefficient (Wildman–Crippen LogP) is 1.48. The van der Waals surface area contributed by atoms with Crippen LogP contribution in [-0.2, 0) is 0 Å². The molecule has 0 spiro atoms. The van der Waals surface area contributed by atoms with Crippen LogP contribution in [0, 0.1) is 0 Å². The Balaban J connectivity index is 2.50. The maximum absolute atomic E-state index is 5.88. The molecule has 1 unspecified atom stereocenters. The summed E-state index contributed by atoms with van der Waals surface area (Å²) >= 11 is 0. The van der Waals surface area contributed by atoms with Gasteiger partial charge in [-0.05, 0) is 43.3 Å². The first kappa shape index (κ1) is 14.3. The number of aromatic nitrogens is 4. The van der Waals surface area contributed by atoms with E-state index in [2.05, 4.69) is 15.5 Å². The van der Waals surface area contributed by atoms with Gasteiger partial charge in [-0.1, -0.05) is 0 Å². The first-order valence-electron chi connectivity index (χ1n) is 6.61. The second-order valence-electron chi connectivity index (χ2n) is 4.23. The molecule has 0 aliphatic heterocycles. The summed E-state index contributed by atoms with van der Waals surface area (Å²) in [4.78, 5) is 0. The Hall–Kier alpha value is -2.15. The van der Waals surface area contributed by atoms with Gasteiger partial charge < -0.3 is 15.2 Å². The molecule has 1 aromatic heterocycles. The fourth-order valence-corrected chi connectivity index (χ4v) is 1.85. The first-order valence-corrected chi connectivity index (χ1v) is 6.61. The van der Waals surface area contributed by atoms with Crippen molar-refractivity contribution < 1.29 is 9.47 Å². The molecule has 0 aliphatic rings. The van der Waals surface area contributed by atoms with Crippen molar-refractivity contribution >= 4 is 0 Å². The van der Waals surface area contributed by atoms with E-state index in [9.17, 15) is 0 Å². The minimum absolute atomic E-state index is 0.282. The zero-order chi connectivity index (χ0) is 14.5. The molecule has 0 aliphatic carbocycles. The van der Waals surface area contributed by atoms with Crippen molar-refractivity contribution in [2.45, 2.75) is 26.8 Å². The molecule has 2 N–H and O–H groups in total. The number of ether oxygens (including phenoxy) is 2. The summed E-state index contributed by atoms with van der Waals surface area (Å²) in [5.74, 6) is 1.99. The predicted molar refractivity (Wildman–Crippen MR) is 74.1 cm³/mol. The zero-order valence-corrected chi connectivity index (χ0v) is 11.9. The second-order valence-corrected chi connectivity index (χ2v) is 4.23. The van der Waals surface area contributed by atoms with Crippen molar-refractivity contribution in [1.82, 2.24) is 20.2 Å². The van der Waals surface area contributed by atoms with Crippen LogP contribution in [-0.4, -0.2) is 33.4 Å². The molecule has 2 rings (SSSR count). The van der Waals surface area contributed by atoms with E-state index in [4.69, 9.17) is 15.2 Å². The normalized spacial score (nSPS) is 12.2. The van der Waals surface area contributed by atoms with E-state index in [0.717, 1.165) is 11.4 Å². The van der Waals surface area contributed by atoms with Crippen LogP contribution >= 0.6 is 0 Å². The summed E-state index contributed by atoms with van der Waals surface area (Å²) in [6, 6.07) is 5.26. The summed E-state index contributed by atoms with van der Waals surface area (Å²) in [7, 11) is 0. The number of rotatable bonds is 6. The quantitative estimate of drug-likeness (QED) is 0.860. The summed E-state index contributed by atoms with van der Waals surface area (Å²) in [6.45, 7) is 6.82. The summed E-state index contributed by atoms with van der Waals surface area (Å²) < 4.78 is 12.7. The van der Waals surface area contributed by atoms with Gasteiger partial charge in [-0.15, -0.1) is 5.10 Å². The number of benzene rings is 1. The monoisotopic (exact) mass is 277 g/mol. The molecule has 0 amide bonds. The van der Waals surface area contributed by atoms with E-state index < -0.39 is 0 Å². The minimum atomic E-state index is -0.282. The van der Waals surface area contributed by atoms with Gasteiger partial charge in [-0.25, -0.2) is 0 Å². The average molecular weight is 277 g/mol. The molecular formula is C13H19N5O2. The molecule has 7 heteroatoms. The van der Waals surface area contributed by atoms with Crippen LogP contribution in [0.4, 0.5) is 0 Å². The molecule has 0 bridgehead atoms. The standard InChI is InChI=1S/C13H19N5O2/c1-4-19-10-6-7-12(20-5-2)11(8-10)18-13(9(3)14)15-16-17-18/h6-9H,4-5,14H2,1-3H3. The van der Waals surface area contributed by atoms with Crippen LogP contribution in [0.1, 0.15) is 32.6 Å². The number of nitrogens with zero attached hydrogens (tertiary/aromatic N) is 4. The molecular weight excluding hydrogens is 258 g/mol. The van der Waals surface area contributed by atoms with Crippen molar-refractivity contribution in [3.63, 3.8) is 0 Å². The highest BCUT2D eigenvalue weighted by atomic mass is 16.5. The topological polar surface area (TPSA) is 88.1 Å². The van der Waals surface area contributed by atoms with Gasteiger partial charge in [0.05, 0.1) is 19.3 Å². The number of nitrogens with two attached hydrogens (primary N) is 1. The first-order chi connectivity index (χ1) is 9.67. The third-order valence-electron chi connectivity index (χ3n) is 2.67. The van der Waals surface area contributed by atoms with Crippen LogP contribution < -0.4 is 15.2 Å². The summed E-state index contributed by atoms with van der Waals surface area (Å²) in [6.07, 6.45) is 0. The molecule has 1 heterocycles. The lowest BCUT2D eigenvalue weighted by atomic mass is 10.2. The Bertz CT molecular complexity index is 568. The SMILES string of the molecule is CCOc1ccc(OCC)c(-n2nnnc2C(C)N)c1. The van der Waals surface area contributed by atoms with Crippen molar-refractivity contribution in [2.75, 3.05) is 13.2 Å². The molecule has 2 aromatic rings. The van der Waals surface area contributed by atoms with Crippen molar-refractivity contribution in [1.29, 1.82) is 0 Å². The van der Waals surface area contributed by atoms with Gasteiger partial charge in [0.2, 0.25) is 0 Å². The van der Waals surface area contributed by atoms with E-state index in [1.54, 1.807) is 4.68 Å². The average Bonchev–Trinajstić information content (AvgIpc) is 2.90. The van der Waals surface area contributed by atoms with Gasteiger partial charge in [0.15, 0.2) is 5.82 Å². The summed E-state index contributed by atoms with van der Waals surface area (Å²) in [5, 5.41) is 11.6. The van der Waals surface area contributed by atoms with Gasteiger partial charge in [-0.2, -0.15) is 4.68 Å². The third kappa shape index (κ3) is 2.88. The van der Waals surface area contributed by atoms with Gasteiger partial charge in [0.25, 0.3) is 0 Å². The minimum Gasteiger partial charge on any atom is -0.494 e. The number of hydrogen-bond acceptors (Lipinski definition) is 6. The Morgan fingerprint density at radius 1 is 1.25 bits per heavy atom. The van der Waals surface area contributed by atoms with Gasteiger partial charge >= 0.3 is 0 Å². The number of hydrogen-bond donors (Lipinski definition) is 1. The maximum atomic E-state index is 5.88. The largest absolute Gasteiger partial charge is 0.494 e. The molecule has 20 heavy (non-hydrogen) atoms. The van der Waals surface area contributed by atoms with Crippen LogP contribution in [0.15, 0.2) is 18.2 Å². The molecule has 108 valence electrons. The van der Waals surface area contributed by atoms with Crippen LogP contribution in [0.2, 0.25) is 0 Å². The Kier molecular flexibility index (Phi) is 4.52. The van der Waals surface area contributed by atoms with Crippen molar-refractivity contribution in [3.05, 3.63) is 24.0 Å². The van der Waals surface area contributed by atoms with Crippen molar-refractivity contribution in [3.8, 4) is 17.2 Å². The lowest BCUT2D eigenvalue weighted by molar-refractivity contribution is 0.328.